The van der Waals surface area contributed by atoms with Crippen LogP contribution in [0.25, 0.3) is 0 Å². The Labute approximate surface area is 102 Å². The van der Waals surface area contributed by atoms with E-state index in [-0.39, 0.29) is 11.4 Å². The van der Waals surface area contributed by atoms with Gasteiger partial charge in [-0.05, 0) is 38.7 Å². The topological polar surface area (TPSA) is 32.5 Å². The molecule has 0 bridgehead atoms. The average Bonchev–Trinajstić information content (AvgIpc) is 2.74. The van der Waals surface area contributed by atoms with Gasteiger partial charge in [0.05, 0.1) is 5.54 Å². The zero-order chi connectivity index (χ0) is 12.5. The molecule has 1 aliphatic heterocycles. The number of likely N-dealkylation sites (N-methyl/N-ethyl adjacent to an activating group) is 1. The maximum absolute atomic E-state index is 13.2. The zero-order valence-electron chi connectivity index (χ0n) is 10.5. The minimum Gasteiger partial charge on any atom is -0.369 e. The van der Waals surface area contributed by atoms with Gasteiger partial charge in [0.25, 0.3) is 0 Å². The molecule has 1 heterocycles. The number of anilines is 1. The fourth-order valence-corrected chi connectivity index (χ4v) is 2.46. The minimum absolute atomic E-state index is 0.0202. The standard InChI is InChI=1S/C13H20FN3/c1-16(2)13(9-15)6-7-17(10-13)12-5-3-4-11(14)8-12/h3-5,8H,6-7,9-10,15H2,1-2H3. The maximum Gasteiger partial charge on any atom is 0.125 e. The third kappa shape index (κ3) is 2.28. The van der Waals surface area contributed by atoms with E-state index < -0.39 is 0 Å². The summed E-state index contributed by atoms with van der Waals surface area (Å²) in [6.45, 7) is 2.42. The van der Waals surface area contributed by atoms with Crippen LogP contribution in [0.5, 0.6) is 0 Å². The highest BCUT2D eigenvalue weighted by Gasteiger charge is 2.38. The highest BCUT2D eigenvalue weighted by Crippen LogP contribution is 2.29. The molecule has 3 nitrogen and oxygen atoms in total. The van der Waals surface area contributed by atoms with Gasteiger partial charge >= 0.3 is 0 Å². The first-order chi connectivity index (χ1) is 8.07. The summed E-state index contributed by atoms with van der Waals surface area (Å²) >= 11 is 0. The van der Waals surface area contributed by atoms with E-state index in [9.17, 15) is 4.39 Å². The van der Waals surface area contributed by atoms with E-state index in [1.54, 1.807) is 12.1 Å². The second-order valence-electron chi connectivity index (χ2n) is 4.97. The Hall–Kier alpha value is -1.13. The molecule has 94 valence electrons. The molecule has 1 fully saturated rings. The molecule has 0 aromatic heterocycles. The lowest BCUT2D eigenvalue weighted by Gasteiger charge is -2.35. The van der Waals surface area contributed by atoms with Gasteiger partial charge in [-0.3, -0.25) is 0 Å². The van der Waals surface area contributed by atoms with Crippen LogP contribution in [-0.4, -0.2) is 44.2 Å². The second kappa shape index (κ2) is 4.63. The monoisotopic (exact) mass is 237 g/mol. The first-order valence-electron chi connectivity index (χ1n) is 5.95. The van der Waals surface area contributed by atoms with E-state index in [0.29, 0.717) is 6.54 Å². The van der Waals surface area contributed by atoms with E-state index in [1.807, 2.05) is 6.07 Å². The molecular weight excluding hydrogens is 217 g/mol. The fraction of sp³-hybridized carbons (Fsp3) is 0.538. The Morgan fingerprint density at radius 3 is 2.76 bits per heavy atom. The Kier molecular flexibility index (Phi) is 3.35. The molecule has 1 unspecified atom stereocenters. The van der Waals surface area contributed by atoms with Gasteiger partial charge in [-0.2, -0.15) is 0 Å². The van der Waals surface area contributed by atoms with Crippen LogP contribution in [0, 0.1) is 5.82 Å². The summed E-state index contributed by atoms with van der Waals surface area (Å²) in [5, 5.41) is 0. The van der Waals surface area contributed by atoms with Crippen molar-refractivity contribution in [1.29, 1.82) is 0 Å². The predicted molar refractivity (Wildman–Crippen MR) is 68.7 cm³/mol. The predicted octanol–water partition coefficient (Wildman–Crippen LogP) is 1.29. The van der Waals surface area contributed by atoms with Crippen molar-refractivity contribution in [2.75, 3.05) is 38.6 Å². The third-order valence-corrected chi connectivity index (χ3v) is 3.83. The van der Waals surface area contributed by atoms with Gasteiger partial charge in [0.2, 0.25) is 0 Å². The molecule has 0 radical (unpaired) electrons. The molecule has 17 heavy (non-hydrogen) atoms. The summed E-state index contributed by atoms with van der Waals surface area (Å²) in [6, 6.07) is 6.76. The number of rotatable bonds is 3. The van der Waals surface area contributed by atoms with Crippen molar-refractivity contribution in [3.63, 3.8) is 0 Å². The Morgan fingerprint density at radius 2 is 2.24 bits per heavy atom. The Bertz CT molecular complexity index is 394. The van der Waals surface area contributed by atoms with Crippen molar-refractivity contribution in [2.24, 2.45) is 5.73 Å². The largest absolute Gasteiger partial charge is 0.369 e. The van der Waals surface area contributed by atoms with Crippen LogP contribution in [0.1, 0.15) is 6.42 Å². The van der Waals surface area contributed by atoms with E-state index in [0.717, 1.165) is 25.2 Å². The van der Waals surface area contributed by atoms with E-state index in [1.165, 1.54) is 6.07 Å². The lowest BCUT2D eigenvalue weighted by atomic mass is 9.97. The van der Waals surface area contributed by atoms with Crippen LogP contribution in [-0.2, 0) is 0 Å². The lowest BCUT2D eigenvalue weighted by Crippen LogP contribution is -2.52. The van der Waals surface area contributed by atoms with Gasteiger partial charge in [-0.1, -0.05) is 6.07 Å². The van der Waals surface area contributed by atoms with Crippen molar-refractivity contribution >= 4 is 5.69 Å². The molecule has 0 amide bonds. The number of benzene rings is 1. The van der Waals surface area contributed by atoms with Crippen molar-refractivity contribution < 1.29 is 4.39 Å². The fourth-order valence-electron chi connectivity index (χ4n) is 2.46. The molecule has 2 rings (SSSR count). The van der Waals surface area contributed by atoms with Gasteiger partial charge in [0.1, 0.15) is 5.82 Å². The molecule has 0 spiro atoms. The molecule has 1 aromatic rings. The number of nitrogens with two attached hydrogens (primary N) is 1. The summed E-state index contributed by atoms with van der Waals surface area (Å²) in [5.41, 5.74) is 6.86. The van der Waals surface area contributed by atoms with Crippen molar-refractivity contribution in [1.82, 2.24) is 4.90 Å². The van der Waals surface area contributed by atoms with Gasteiger partial charge in [0, 0.05) is 25.3 Å². The molecule has 1 atom stereocenters. The third-order valence-electron chi connectivity index (χ3n) is 3.83. The first kappa shape index (κ1) is 12.3. The van der Waals surface area contributed by atoms with E-state index in [4.69, 9.17) is 5.73 Å². The van der Waals surface area contributed by atoms with E-state index >= 15 is 0 Å². The smallest absolute Gasteiger partial charge is 0.125 e. The van der Waals surface area contributed by atoms with Crippen LogP contribution in [0.15, 0.2) is 24.3 Å². The summed E-state index contributed by atoms with van der Waals surface area (Å²) in [4.78, 5) is 4.39. The quantitative estimate of drug-likeness (QED) is 0.860. The van der Waals surface area contributed by atoms with Crippen molar-refractivity contribution in [2.45, 2.75) is 12.0 Å². The molecule has 1 saturated heterocycles. The maximum atomic E-state index is 13.2. The molecular formula is C13H20FN3. The minimum atomic E-state index is -0.183. The average molecular weight is 237 g/mol. The lowest BCUT2D eigenvalue weighted by molar-refractivity contribution is 0.184. The molecule has 1 aromatic carbocycles. The summed E-state index contributed by atoms with van der Waals surface area (Å²) < 4.78 is 13.2. The Morgan fingerprint density at radius 1 is 1.47 bits per heavy atom. The molecule has 1 aliphatic rings. The van der Waals surface area contributed by atoms with Gasteiger partial charge < -0.3 is 15.5 Å². The number of hydrogen-bond acceptors (Lipinski definition) is 3. The number of halogens is 1. The van der Waals surface area contributed by atoms with Crippen molar-refractivity contribution in [3.05, 3.63) is 30.1 Å². The molecule has 0 aliphatic carbocycles. The van der Waals surface area contributed by atoms with Gasteiger partial charge in [0.15, 0.2) is 0 Å². The molecule has 0 saturated carbocycles. The highest BCUT2D eigenvalue weighted by atomic mass is 19.1. The Balaban J connectivity index is 2.17. The van der Waals surface area contributed by atoms with Crippen LogP contribution in [0.4, 0.5) is 10.1 Å². The second-order valence-corrected chi connectivity index (χ2v) is 4.97. The number of hydrogen-bond donors (Lipinski definition) is 1. The zero-order valence-corrected chi connectivity index (χ0v) is 10.5. The first-order valence-corrected chi connectivity index (χ1v) is 5.95. The van der Waals surface area contributed by atoms with Crippen LogP contribution in [0.2, 0.25) is 0 Å². The van der Waals surface area contributed by atoms with Crippen LogP contribution >= 0.6 is 0 Å². The number of nitrogens with zero attached hydrogens (tertiary/aromatic N) is 2. The summed E-state index contributed by atoms with van der Waals surface area (Å²) in [5.74, 6) is -0.183. The van der Waals surface area contributed by atoms with Crippen LogP contribution in [0.3, 0.4) is 0 Å². The van der Waals surface area contributed by atoms with E-state index in [2.05, 4.69) is 23.9 Å². The highest BCUT2D eigenvalue weighted by molar-refractivity contribution is 5.48. The van der Waals surface area contributed by atoms with Gasteiger partial charge in [-0.25, -0.2) is 4.39 Å². The normalized spacial score (nSPS) is 24.6. The summed E-state index contributed by atoms with van der Waals surface area (Å²) in [6.07, 6.45) is 1.02. The molecule has 4 heteroatoms. The SMILES string of the molecule is CN(C)C1(CN)CCN(c2cccc(F)c2)C1. The van der Waals surface area contributed by atoms with Gasteiger partial charge in [-0.15, -0.1) is 0 Å². The van der Waals surface area contributed by atoms with Crippen LogP contribution < -0.4 is 10.6 Å². The molecule has 2 N–H and O–H groups in total. The summed E-state index contributed by atoms with van der Waals surface area (Å²) in [7, 11) is 4.11. The van der Waals surface area contributed by atoms with Crippen molar-refractivity contribution in [3.8, 4) is 0 Å².